The second-order valence-electron chi connectivity index (χ2n) is 4.77. The first-order valence-corrected chi connectivity index (χ1v) is 6.69. The third-order valence-electron chi connectivity index (χ3n) is 3.26. The van der Waals surface area contributed by atoms with E-state index >= 15 is 0 Å². The molecule has 0 saturated carbocycles. The first kappa shape index (κ1) is 14.1. The van der Waals surface area contributed by atoms with E-state index in [-0.39, 0.29) is 11.9 Å². The van der Waals surface area contributed by atoms with Gasteiger partial charge in [0, 0.05) is 24.5 Å². The zero-order chi connectivity index (χ0) is 14.4. The van der Waals surface area contributed by atoms with Crippen molar-refractivity contribution in [2.24, 2.45) is 0 Å². The number of benzene rings is 1. The number of pyridine rings is 1. The van der Waals surface area contributed by atoms with Crippen molar-refractivity contribution in [3.05, 3.63) is 59.9 Å². The molecule has 1 amide bonds. The molecule has 0 aliphatic heterocycles. The highest BCUT2D eigenvalue weighted by Crippen LogP contribution is 2.14. The van der Waals surface area contributed by atoms with E-state index in [9.17, 15) is 4.79 Å². The molecule has 1 aromatic heterocycles. The van der Waals surface area contributed by atoms with Gasteiger partial charge in [0.2, 0.25) is 5.91 Å². The minimum Gasteiger partial charge on any atom is -0.399 e. The second kappa shape index (κ2) is 6.70. The largest absolute Gasteiger partial charge is 0.399 e. The summed E-state index contributed by atoms with van der Waals surface area (Å²) in [6, 6.07) is 11.4. The summed E-state index contributed by atoms with van der Waals surface area (Å²) in [7, 11) is 0. The molecule has 2 rings (SSSR count). The number of rotatable bonds is 5. The predicted molar refractivity (Wildman–Crippen MR) is 80.0 cm³/mol. The van der Waals surface area contributed by atoms with Gasteiger partial charge in [-0.25, -0.2) is 0 Å². The average Bonchev–Trinajstić information content (AvgIpc) is 2.47. The number of amides is 1. The summed E-state index contributed by atoms with van der Waals surface area (Å²) in [5.74, 6) is 0.0255. The van der Waals surface area contributed by atoms with Gasteiger partial charge in [0.15, 0.2) is 0 Å². The van der Waals surface area contributed by atoms with Crippen LogP contribution in [-0.4, -0.2) is 10.9 Å². The Kier molecular flexibility index (Phi) is 4.71. The molecule has 4 nitrogen and oxygen atoms in total. The minimum absolute atomic E-state index is 0.0152. The van der Waals surface area contributed by atoms with E-state index in [1.165, 1.54) is 0 Å². The molecule has 0 aliphatic carbocycles. The molecular formula is C16H19N3O. The molecule has 1 atom stereocenters. The summed E-state index contributed by atoms with van der Waals surface area (Å²) in [4.78, 5) is 15.9. The molecule has 4 heteroatoms. The smallest absolute Gasteiger partial charge is 0.220 e. The van der Waals surface area contributed by atoms with Gasteiger partial charge in [-0.15, -0.1) is 0 Å². The number of carbonyl (C=O) groups is 1. The van der Waals surface area contributed by atoms with Crippen molar-refractivity contribution < 1.29 is 4.79 Å². The van der Waals surface area contributed by atoms with Gasteiger partial charge in [0.1, 0.15) is 0 Å². The number of nitrogens with two attached hydrogens (primary N) is 1. The molecule has 2 aromatic rings. The summed E-state index contributed by atoms with van der Waals surface area (Å²) in [6.45, 7) is 1.96. The molecule has 3 N–H and O–H groups in total. The lowest BCUT2D eigenvalue weighted by atomic mass is 10.1. The maximum atomic E-state index is 11.9. The van der Waals surface area contributed by atoms with Crippen molar-refractivity contribution in [3.8, 4) is 0 Å². The average molecular weight is 269 g/mol. The lowest BCUT2D eigenvalue weighted by Gasteiger charge is -2.14. The number of aryl methyl sites for hydroxylation is 1. The van der Waals surface area contributed by atoms with Crippen LogP contribution in [0.1, 0.15) is 30.5 Å². The van der Waals surface area contributed by atoms with Crippen LogP contribution in [-0.2, 0) is 11.2 Å². The van der Waals surface area contributed by atoms with Crippen molar-refractivity contribution in [2.45, 2.75) is 25.8 Å². The monoisotopic (exact) mass is 269 g/mol. The number of nitrogens with zero attached hydrogens (tertiary/aromatic N) is 1. The first-order chi connectivity index (χ1) is 9.66. The van der Waals surface area contributed by atoms with Crippen LogP contribution < -0.4 is 11.1 Å². The number of nitrogen functional groups attached to an aromatic ring is 1. The van der Waals surface area contributed by atoms with Crippen LogP contribution in [0.2, 0.25) is 0 Å². The Labute approximate surface area is 119 Å². The number of hydrogen-bond acceptors (Lipinski definition) is 3. The molecule has 0 spiro atoms. The fourth-order valence-corrected chi connectivity index (χ4v) is 2.06. The molecule has 1 heterocycles. The SMILES string of the molecule is C[C@H](NC(=O)CCc1ccccc1N)c1ccncc1. The minimum atomic E-state index is -0.0152. The van der Waals surface area contributed by atoms with Gasteiger partial charge >= 0.3 is 0 Å². The zero-order valence-corrected chi connectivity index (χ0v) is 11.5. The van der Waals surface area contributed by atoms with Crippen LogP contribution >= 0.6 is 0 Å². The summed E-state index contributed by atoms with van der Waals surface area (Å²) in [5.41, 5.74) is 8.66. The molecule has 1 aromatic carbocycles. The van der Waals surface area contributed by atoms with Gasteiger partial charge in [-0.3, -0.25) is 9.78 Å². The van der Waals surface area contributed by atoms with E-state index in [2.05, 4.69) is 10.3 Å². The standard InChI is InChI=1S/C16H19N3O/c1-12(13-8-10-18-11-9-13)19-16(20)7-6-14-4-2-3-5-15(14)17/h2-5,8-12H,6-7,17H2,1H3,(H,19,20)/t12-/m0/s1. The molecule has 20 heavy (non-hydrogen) atoms. The van der Waals surface area contributed by atoms with Crippen molar-refractivity contribution in [3.63, 3.8) is 0 Å². The van der Waals surface area contributed by atoms with Crippen molar-refractivity contribution in [1.82, 2.24) is 10.3 Å². The van der Waals surface area contributed by atoms with E-state index < -0.39 is 0 Å². The molecule has 0 unspecified atom stereocenters. The van der Waals surface area contributed by atoms with E-state index in [0.29, 0.717) is 12.8 Å². The van der Waals surface area contributed by atoms with Crippen molar-refractivity contribution in [1.29, 1.82) is 0 Å². The van der Waals surface area contributed by atoms with Gasteiger partial charge in [-0.1, -0.05) is 18.2 Å². The number of aromatic nitrogens is 1. The third kappa shape index (κ3) is 3.82. The summed E-state index contributed by atoms with van der Waals surface area (Å²) in [6.07, 6.45) is 4.54. The number of para-hydroxylation sites is 1. The quantitative estimate of drug-likeness (QED) is 0.819. The Morgan fingerprint density at radius 3 is 2.65 bits per heavy atom. The van der Waals surface area contributed by atoms with E-state index in [4.69, 9.17) is 5.73 Å². The Morgan fingerprint density at radius 1 is 1.25 bits per heavy atom. The lowest BCUT2D eigenvalue weighted by Crippen LogP contribution is -2.26. The second-order valence-corrected chi connectivity index (χ2v) is 4.77. The highest BCUT2D eigenvalue weighted by molar-refractivity contribution is 5.76. The van der Waals surface area contributed by atoms with Crippen molar-refractivity contribution in [2.75, 3.05) is 5.73 Å². The van der Waals surface area contributed by atoms with E-state index in [0.717, 1.165) is 16.8 Å². The Balaban J connectivity index is 1.86. The molecular weight excluding hydrogens is 250 g/mol. The number of nitrogens with one attached hydrogen (secondary N) is 1. The zero-order valence-electron chi connectivity index (χ0n) is 11.5. The van der Waals surface area contributed by atoms with Crippen LogP contribution in [0.25, 0.3) is 0 Å². The van der Waals surface area contributed by atoms with Crippen LogP contribution in [0.5, 0.6) is 0 Å². The fourth-order valence-electron chi connectivity index (χ4n) is 2.06. The number of hydrogen-bond donors (Lipinski definition) is 2. The Bertz CT molecular complexity index is 569. The van der Waals surface area contributed by atoms with Gasteiger partial charge in [-0.05, 0) is 42.7 Å². The van der Waals surface area contributed by atoms with Gasteiger partial charge in [0.05, 0.1) is 6.04 Å². The fraction of sp³-hybridized carbons (Fsp3) is 0.250. The van der Waals surface area contributed by atoms with Crippen LogP contribution in [0.3, 0.4) is 0 Å². The summed E-state index contributed by atoms with van der Waals surface area (Å²) < 4.78 is 0. The summed E-state index contributed by atoms with van der Waals surface area (Å²) in [5, 5.41) is 2.98. The van der Waals surface area contributed by atoms with Crippen molar-refractivity contribution >= 4 is 11.6 Å². The van der Waals surface area contributed by atoms with Gasteiger partial charge in [-0.2, -0.15) is 0 Å². The number of carbonyl (C=O) groups excluding carboxylic acids is 1. The highest BCUT2D eigenvalue weighted by atomic mass is 16.1. The number of anilines is 1. The molecule has 0 aliphatic rings. The third-order valence-corrected chi connectivity index (χ3v) is 3.26. The highest BCUT2D eigenvalue weighted by Gasteiger charge is 2.09. The maximum absolute atomic E-state index is 11.9. The Morgan fingerprint density at radius 2 is 1.95 bits per heavy atom. The lowest BCUT2D eigenvalue weighted by molar-refractivity contribution is -0.121. The Hall–Kier alpha value is -2.36. The molecule has 0 radical (unpaired) electrons. The van der Waals surface area contributed by atoms with Crippen LogP contribution in [0.4, 0.5) is 5.69 Å². The molecule has 0 saturated heterocycles. The topological polar surface area (TPSA) is 68.0 Å². The normalized spacial score (nSPS) is 11.8. The molecule has 0 bridgehead atoms. The molecule has 0 fully saturated rings. The summed E-state index contributed by atoms with van der Waals surface area (Å²) >= 11 is 0. The van der Waals surface area contributed by atoms with Crippen LogP contribution in [0.15, 0.2) is 48.8 Å². The van der Waals surface area contributed by atoms with Crippen LogP contribution in [0, 0.1) is 0 Å². The first-order valence-electron chi connectivity index (χ1n) is 6.69. The maximum Gasteiger partial charge on any atom is 0.220 e. The molecule has 104 valence electrons. The van der Waals surface area contributed by atoms with Gasteiger partial charge in [0.25, 0.3) is 0 Å². The predicted octanol–water partition coefficient (Wildman–Crippen LogP) is 2.47. The van der Waals surface area contributed by atoms with E-state index in [1.54, 1.807) is 12.4 Å². The van der Waals surface area contributed by atoms with E-state index in [1.807, 2.05) is 43.3 Å². The van der Waals surface area contributed by atoms with Gasteiger partial charge < -0.3 is 11.1 Å².